The summed E-state index contributed by atoms with van der Waals surface area (Å²) in [6.45, 7) is 4.30. The van der Waals surface area contributed by atoms with Crippen LogP contribution in [-0.4, -0.2) is 30.6 Å². The summed E-state index contributed by atoms with van der Waals surface area (Å²) in [6, 6.07) is 0. The summed E-state index contributed by atoms with van der Waals surface area (Å²) in [7, 11) is 0. The summed E-state index contributed by atoms with van der Waals surface area (Å²) in [4.78, 5) is 12.9. The normalized spacial score (nSPS) is 17.9. The van der Waals surface area contributed by atoms with Gasteiger partial charge in [0.2, 0.25) is 5.91 Å². The van der Waals surface area contributed by atoms with Gasteiger partial charge in [0.25, 0.3) is 0 Å². The molecule has 0 spiro atoms. The van der Waals surface area contributed by atoms with Crippen LogP contribution in [0, 0.1) is 0 Å². The van der Waals surface area contributed by atoms with Crippen LogP contribution >= 0.6 is 0 Å². The van der Waals surface area contributed by atoms with Gasteiger partial charge >= 0.3 is 0 Å². The van der Waals surface area contributed by atoms with E-state index >= 15 is 0 Å². The highest BCUT2D eigenvalue weighted by molar-refractivity contribution is 5.76. The fourth-order valence-corrected chi connectivity index (χ4v) is 1.03. The molecule has 3 heteroatoms. The molecule has 57 valence electrons. The number of rotatable bonds is 2. The van der Waals surface area contributed by atoms with Crippen molar-refractivity contribution in [3.63, 3.8) is 0 Å². The molecule has 1 heterocycles. The fraction of sp³-hybridized carbons (Fsp3) is 0.857. The van der Waals surface area contributed by atoms with E-state index in [0.29, 0.717) is 13.1 Å². The largest absolute Gasteiger partial charge is 0.327 e. The predicted octanol–water partition coefficient (Wildman–Crippen LogP) is 0.191. The zero-order valence-corrected chi connectivity index (χ0v) is 6.34. The lowest BCUT2D eigenvalue weighted by molar-refractivity contribution is -0.130. The Hall–Kier alpha value is -0.570. The molecule has 0 saturated carbocycles. The summed E-state index contributed by atoms with van der Waals surface area (Å²) in [6.07, 6.45) is 1.62. The van der Waals surface area contributed by atoms with Crippen LogP contribution in [0.1, 0.15) is 19.8 Å². The van der Waals surface area contributed by atoms with Gasteiger partial charge < -0.3 is 4.90 Å². The summed E-state index contributed by atoms with van der Waals surface area (Å²) in [5.41, 5.74) is 0. The van der Waals surface area contributed by atoms with Crippen molar-refractivity contribution < 1.29 is 4.79 Å². The van der Waals surface area contributed by atoms with Gasteiger partial charge in [-0.05, 0) is 6.42 Å². The van der Waals surface area contributed by atoms with E-state index in [9.17, 15) is 4.79 Å². The summed E-state index contributed by atoms with van der Waals surface area (Å²) >= 11 is 0. The maximum absolute atomic E-state index is 11.1. The Morgan fingerprint density at radius 1 is 1.70 bits per heavy atom. The minimum Gasteiger partial charge on any atom is -0.327 e. The number of hydrogen-bond acceptors (Lipinski definition) is 1. The number of nitrogens with zero attached hydrogens (tertiary/aromatic N) is 2. The molecule has 0 aromatic carbocycles. The van der Waals surface area contributed by atoms with Gasteiger partial charge in [-0.15, -0.1) is 0 Å². The second kappa shape index (κ2) is 3.56. The average Bonchev–Trinajstić information content (AvgIpc) is 2.38. The third-order valence-electron chi connectivity index (χ3n) is 1.62. The molecule has 1 rings (SSSR count). The SMILES string of the molecule is CCCC(=O)N1CC[N]C1. The van der Waals surface area contributed by atoms with Gasteiger partial charge in [0, 0.05) is 19.5 Å². The Balaban J connectivity index is 2.25. The van der Waals surface area contributed by atoms with E-state index in [2.05, 4.69) is 5.32 Å². The quantitative estimate of drug-likeness (QED) is 0.540. The van der Waals surface area contributed by atoms with Gasteiger partial charge in [0.15, 0.2) is 0 Å². The summed E-state index contributed by atoms with van der Waals surface area (Å²) in [5, 5.41) is 4.07. The second-order valence-electron chi connectivity index (χ2n) is 2.50. The van der Waals surface area contributed by atoms with Crippen molar-refractivity contribution >= 4 is 5.91 Å². The predicted molar refractivity (Wildman–Crippen MR) is 38.5 cm³/mol. The molecule has 1 aliphatic rings. The molecular formula is C7H13N2O. The van der Waals surface area contributed by atoms with Crippen LogP contribution in [0.25, 0.3) is 0 Å². The lowest BCUT2D eigenvalue weighted by atomic mass is 10.3. The Kier molecular flexibility index (Phi) is 2.68. The van der Waals surface area contributed by atoms with Gasteiger partial charge in [-0.2, -0.15) is 0 Å². The fourth-order valence-electron chi connectivity index (χ4n) is 1.03. The molecule has 3 nitrogen and oxygen atoms in total. The van der Waals surface area contributed by atoms with Crippen LogP contribution in [0.2, 0.25) is 0 Å². The van der Waals surface area contributed by atoms with Crippen molar-refractivity contribution in [1.29, 1.82) is 0 Å². The average molecular weight is 141 g/mol. The maximum atomic E-state index is 11.1. The first-order valence-electron chi connectivity index (χ1n) is 3.75. The molecule has 0 bridgehead atoms. The van der Waals surface area contributed by atoms with Crippen molar-refractivity contribution in [1.82, 2.24) is 10.2 Å². The van der Waals surface area contributed by atoms with E-state index in [1.807, 2.05) is 11.8 Å². The molecule has 1 saturated heterocycles. The third-order valence-corrected chi connectivity index (χ3v) is 1.62. The molecule has 0 aromatic heterocycles. The first kappa shape index (κ1) is 7.54. The molecule has 0 aromatic rings. The van der Waals surface area contributed by atoms with Crippen molar-refractivity contribution in [2.24, 2.45) is 0 Å². The lowest BCUT2D eigenvalue weighted by Crippen LogP contribution is -2.28. The molecule has 10 heavy (non-hydrogen) atoms. The van der Waals surface area contributed by atoms with Crippen molar-refractivity contribution in [3.8, 4) is 0 Å². The van der Waals surface area contributed by atoms with E-state index in [0.717, 1.165) is 19.5 Å². The molecule has 1 radical (unpaired) electrons. The van der Waals surface area contributed by atoms with E-state index in [1.165, 1.54) is 0 Å². The topological polar surface area (TPSA) is 34.4 Å². The zero-order chi connectivity index (χ0) is 7.40. The van der Waals surface area contributed by atoms with Crippen LogP contribution in [0.3, 0.4) is 0 Å². The first-order chi connectivity index (χ1) is 4.84. The summed E-state index contributed by atoms with van der Waals surface area (Å²) in [5.74, 6) is 0.253. The number of amides is 1. The molecule has 0 aliphatic carbocycles. The minimum absolute atomic E-state index is 0.253. The Labute approximate surface area is 61.4 Å². The van der Waals surface area contributed by atoms with E-state index in [4.69, 9.17) is 0 Å². The highest BCUT2D eigenvalue weighted by atomic mass is 16.2. The number of carbonyl (C=O) groups is 1. The van der Waals surface area contributed by atoms with Crippen LogP contribution in [0.15, 0.2) is 0 Å². The first-order valence-corrected chi connectivity index (χ1v) is 3.75. The summed E-state index contributed by atoms with van der Waals surface area (Å²) < 4.78 is 0. The van der Waals surface area contributed by atoms with Gasteiger partial charge in [-0.1, -0.05) is 6.92 Å². The van der Waals surface area contributed by atoms with Crippen molar-refractivity contribution in [2.45, 2.75) is 19.8 Å². The molecule has 0 N–H and O–H groups in total. The third kappa shape index (κ3) is 1.70. The lowest BCUT2D eigenvalue weighted by Gasteiger charge is -2.12. The second-order valence-corrected chi connectivity index (χ2v) is 2.50. The zero-order valence-electron chi connectivity index (χ0n) is 6.34. The Morgan fingerprint density at radius 2 is 2.50 bits per heavy atom. The van der Waals surface area contributed by atoms with Gasteiger partial charge in [-0.25, -0.2) is 5.32 Å². The van der Waals surface area contributed by atoms with Crippen LogP contribution in [0.4, 0.5) is 0 Å². The molecule has 1 fully saturated rings. The van der Waals surface area contributed by atoms with Crippen molar-refractivity contribution in [2.75, 3.05) is 19.8 Å². The standard InChI is InChI=1S/C7H13N2O/c1-2-3-7(10)9-5-4-8-6-9/h2-6H2,1H3. The van der Waals surface area contributed by atoms with Crippen LogP contribution in [0.5, 0.6) is 0 Å². The smallest absolute Gasteiger partial charge is 0.223 e. The molecule has 1 amide bonds. The molecule has 0 atom stereocenters. The Bertz CT molecular complexity index is 119. The molecule has 1 aliphatic heterocycles. The number of hydrogen-bond donors (Lipinski definition) is 0. The van der Waals surface area contributed by atoms with E-state index in [1.54, 1.807) is 0 Å². The minimum atomic E-state index is 0.253. The Morgan fingerprint density at radius 3 is 3.00 bits per heavy atom. The highest BCUT2D eigenvalue weighted by Gasteiger charge is 2.16. The van der Waals surface area contributed by atoms with Gasteiger partial charge in [0.05, 0.1) is 6.67 Å². The monoisotopic (exact) mass is 141 g/mol. The maximum Gasteiger partial charge on any atom is 0.223 e. The highest BCUT2D eigenvalue weighted by Crippen LogP contribution is 1.99. The number of carbonyl (C=O) groups excluding carboxylic acids is 1. The van der Waals surface area contributed by atoms with Crippen LogP contribution < -0.4 is 5.32 Å². The van der Waals surface area contributed by atoms with Crippen molar-refractivity contribution in [3.05, 3.63) is 0 Å². The molecular weight excluding hydrogens is 128 g/mol. The van der Waals surface area contributed by atoms with Crippen LogP contribution in [-0.2, 0) is 4.79 Å². The molecule has 0 unspecified atom stereocenters. The van der Waals surface area contributed by atoms with E-state index < -0.39 is 0 Å². The van der Waals surface area contributed by atoms with Gasteiger partial charge in [-0.3, -0.25) is 4.79 Å². The van der Waals surface area contributed by atoms with Gasteiger partial charge in [0.1, 0.15) is 0 Å². The van der Waals surface area contributed by atoms with E-state index in [-0.39, 0.29) is 5.91 Å².